The molecule has 398 valence electrons. The van der Waals surface area contributed by atoms with Gasteiger partial charge in [0.05, 0.1) is 0 Å². The quantitative estimate of drug-likeness (QED) is 0.0343. The fourth-order valence-corrected chi connectivity index (χ4v) is 9.37. The third kappa shape index (κ3) is 53.6. The first-order chi connectivity index (χ1) is 32.8. The highest BCUT2D eigenvalue weighted by Crippen LogP contribution is 2.19. The maximum Gasteiger partial charge on any atom is 0.306 e. The van der Waals surface area contributed by atoms with E-state index < -0.39 is 6.10 Å². The predicted octanol–water partition coefficient (Wildman–Crippen LogP) is 20.0. The lowest BCUT2D eigenvalue weighted by atomic mass is 9.99. The van der Waals surface area contributed by atoms with Crippen molar-refractivity contribution in [2.45, 2.75) is 349 Å². The lowest BCUT2D eigenvalue weighted by Gasteiger charge is -2.18. The number of unbranched alkanes of at least 4 members (excludes halogenated alkanes) is 39. The summed E-state index contributed by atoms with van der Waals surface area (Å²) in [5.74, 6) is 0.855. The zero-order valence-electron chi connectivity index (χ0n) is 46.0. The van der Waals surface area contributed by atoms with Gasteiger partial charge in [0.15, 0.2) is 6.10 Å². The molecule has 67 heavy (non-hydrogen) atoms. The Balaban J connectivity index is 4.25. The van der Waals surface area contributed by atoms with Gasteiger partial charge in [-0.2, -0.15) is 0 Å². The molecule has 6 heteroatoms. The van der Waals surface area contributed by atoms with E-state index in [4.69, 9.17) is 14.2 Å². The number of carbonyl (C=O) groups excluding carboxylic acids is 3. The Hall–Kier alpha value is -1.59. The molecule has 2 atom stereocenters. The summed E-state index contributed by atoms with van der Waals surface area (Å²) in [6.07, 6.45) is 58.1. The van der Waals surface area contributed by atoms with Crippen LogP contribution in [0.1, 0.15) is 343 Å². The molecule has 0 saturated heterocycles. The Kier molecular flexibility index (Phi) is 52.5. The predicted molar refractivity (Wildman–Crippen MR) is 289 cm³/mol. The number of esters is 3. The van der Waals surface area contributed by atoms with Gasteiger partial charge < -0.3 is 14.2 Å². The van der Waals surface area contributed by atoms with Gasteiger partial charge in [-0.1, -0.05) is 304 Å². The van der Waals surface area contributed by atoms with Crippen molar-refractivity contribution in [1.29, 1.82) is 0 Å². The van der Waals surface area contributed by atoms with Crippen LogP contribution in [-0.4, -0.2) is 37.2 Å². The number of ether oxygens (including phenoxy) is 3. The van der Waals surface area contributed by atoms with Crippen LogP contribution >= 0.6 is 0 Å². The lowest BCUT2D eigenvalue weighted by Crippen LogP contribution is -2.30. The van der Waals surface area contributed by atoms with Gasteiger partial charge in [-0.3, -0.25) is 14.4 Å². The third-order valence-corrected chi connectivity index (χ3v) is 14.3. The molecule has 0 aliphatic heterocycles. The van der Waals surface area contributed by atoms with Crippen LogP contribution in [0.2, 0.25) is 0 Å². The Bertz CT molecular complexity index is 1030. The van der Waals surface area contributed by atoms with E-state index in [0.717, 1.165) is 69.6 Å². The Morgan fingerprint density at radius 1 is 0.313 bits per heavy atom. The van der Waals surface area contributed by atoms with Gasteiger partial charge >= 0.3 is 17.9 Å². The summed E-state index contributed by atoms with van der Waals surface area (Å²) < 4.78 is 16.9. The Labute approximate surface area is 418 Å². The van der Waals surface area contributed by atoms with Gasteiger partial charge in [0.2, 0.25) is 0 Å². The highest BCUT2D eigenvalue weighted by Gasteiger charge is 2.19. The molecule has 6 nitrogen and oxygen atoms in total. The second-order valence-corrected chi connectivity index (χ2v) is 21.7. The highest BCUT2D eigenvalue weighted by atomic mass is 16.6. The van der Waals surface area contributed by atoms with Crippen LogP contribution in [0, 0.1) is 11.8 Å². The summed E-state index contributed by atoms with van der Waals surface area (Å²) in [7, 11) is 0. The first kappa shape index (κ1) is 65.4. The summed E-state index contributed by atoms with van der Waals surface area (Å²) in [6.45, 7) is 11.4. The molecule has 0 saturated carbocycles. The maximum absolute atomic E-state index is 12.8. The molecule has 0 radical (unpaired) electrons. The van der Waals surface area contributed by atoms with Crippen molar-refractivity contribution < 1.29 is 28.6 Å². The van der Waals surface area contributed by atoms with Crippen LogP contribution < -0.4 is 0 Å². The van der Waals surface area contributed by atoms with Crippen molar-refractivity contribution in [3.63, 3.8) is 0 Å². The SMILES string of the molecule is CCCCCCCCCCCCCCCCCCCCCC(=O)OC[C@H](COC(=O)CCCCCCCCCCCCCCCCCC(C)C)OC(=O)CCCCCCCCCCC(C)CC. The smallest absolute Gasteiger partial charge is 0.306 e. The molecule has 0 N–H and O–H groups in total. The second kappa shape index (κ2) is 53.8. The summed E-state index contributed by atoms with van der Waals surface area (Å²) in [4.78, 5) is 38.2. The van der Waals surface area contributed by atoms with Gasteiger partial charge in [-0.15, -0.1) is 0 Å². The van der Waals surface area contributed by atoms with Crippen molar-refractivity contribution in [2.75, 3.05) is 13.2 Å². The molecule has 0 aliphatic rings. The number of hydrogen-bond acceptors (Lipinski definition) is 6. The van der Waals surface area contributed by atoms with Gasteiger partial charge in [-0.05, 0) is 31.1 Å². The maximum atomic E-state index is 12.8. The summed E-state index contributed by atoms with van der Waals surface area (Å²) in [6, 6.07) is 0. The van der Waals surface area contributed by atoms with E-state index in [9.17, 15) is 14.4 Å². The van der Waals surface area contributed by atoms with E-state index in [1.54, 1.807) is 0 Å². The lowest BCUT2D eigenvalue weighted by molar-refractivity contribution is -0.167. The normalized spacial score (nSPS) is 12.4. The third-order valence-electron chi connectivity index (χ3n) is 14.3. The summed E-state index contributed by atoms with van der Waals surface area (Å²) in [5.41, 5.74) is 0. The fraction of sp³-hybridized carbons (Fsp3) is 0.951. The molecule has 0 amide bonds. The van der Waals surface area contributed by atoms with Gasteiger partial charge in [0, 0.05) is 19.3 Å². The minimum Gasteiger partial charge on any atom is -0.462 e. The topological polar surface area (TPSA) is 78.9 Å². The molecule has 1 unspecified atom stereocenters. The van der Waals surface area contributed by atoms with Crippen molar-refractivity contribution in [3.05, 3.63) is 0 Å². The van der Waals surface area contributed by atoms with Gasteiger partial charge in [0.25, 0.3) is 0 Å². The number of rotatable bonds is 55. The monoisotopic (exact) mass is 947 g/mol. The van der Waals surface area contributed by atoms with E-state index in [2.05, 4.69) is 34.6 Å². The van der Waals surface area contributed by atoms with Crippen LogP contribution in [0.25, 0.3) is 0 Å². The number of hydrogen-bond donors (Lipinski definition) is 0. The van der Waals surface area contributed by atoms with Gasteiger partial charge in [0.1, 0.15) is 13.2 Å². The van der Waals surface area contributed by atoms with Gasteiger partial charge in [-0.25, -0.2) is 0 Å². The second-order valence-electron chi connectivity index (χ2n) is 21.7. The fourth-order valence-electron chi connectivity index (χ4n) is 9.37. The molecule has 0 aromatic carbocycles. The summed E-state index contributed by atoms with van der Waals surface area (Å²) >= 11 is 0. The van der Waals surface area contributed by atoms with Crippen molar-refractivity contribution in [1.82, 2.24) is 0 Å². The zero-order valence-corrected chi connectivity index (χ0v) is 46.0. The van der Waals surface area contributed by atoms with Crippen molar-refractivity contribution in [3.8, 4) is 0 Å². The standard InChI is InChI=1S/C61H118O6/c1-6-8-9-10-11-12-13-14-15-16-17-18-21-24-27-30-36-41-46-51-59(62)65-54-58(67-61(64)53-48-43-38-33-32-35-40-45-50-57(5)7-2)55-66-60(63)52-47-42-37-31-28-25-22-19-20-23-26-29-34-39-44-49-56(3)4/h56-58H,6-55H2,1-5H3/t57?,58-/m1/s1. The molecule has 0 rings (SSSR count). The van der Waals surface area contributed by atoms with Crippen molar-refractivity contribution in [2.24, 2.45) is 11.8 Å². The van der Waals surface area contributed by atoms with E-state index in [1.807, 2.05) is 0 Å². The molecule has 0 heterocycles. The van der Waals surface area contributed by atoms with Crippen LogP contribution in [0.5, 0.6) is 0 Å². The van der Waals surface area contributed by atoms with Crippen LogP contribution in [0.4, 0.5) is 0 Å². The average Bonchev–Trinajstić information content (AvgIpc) is 3.31. The number of carbonyl (C=O) groups is 3. The Morgan fingerprint density at radius 2 is 0.567 bits per heavy atom. The van der Waals surface area contributed by atoms with E-state index >= 15 is 0 Å². The zero-order chi connectivity index (χ0) is 48.9. The molecule has 0 spiro atoms. The van der Waals surface area contributed by atoms with Crippen LogP contribution in [0.3, 0.4) is 0 Å². The molecule has 0 bridgehead atoms. The van der Waals surface area contributed by atoms with E-state index in [1.165, 1.54) is 231 Å². The Morgan fingerprint density at radius 3 is 0.851 bits per heavy atom. The minimum atomic E-state index is -0.763. The molecular formula is C61H118O6. The average molecular weight is 948 g/mol. The van der Waals surface area contributed by atoms with Crippen LogP contribution in [0.15, 0.2) is 0 Å². The van der Waals surface area contributed by atoms with E-state index in [-0.39, 0.29) is 31.1 Å². The molecule has 0 aliphatic carbocycles. The largest absolute Gasteiger partial charge is 0.462 e. The minimum absolute atomic E-state index is 0.0629. The molecule has 0 aromatic rings. The molecule has 0 aromatic heterocycles. The molecule has 0 fully saturated rings. The first-order valence-corrected chi connectivity index (χ1v) is 30.3. The van der Waals surface area contributed by atoms with Crippen molar-refractivity contribution >= 4 is 17.9 Å². The van der Waals surface area contributed by atoms with E-state index in [0.29, 0.717) is 19.3 Å². The van der Waals surface area contributed by atoms with Crippen LogP contribution in [-0.2, 0) is 28.6 Å². The first-order valence-electron chi connectivity index (χ1n) is 30.3. The molecular weight excluding hydrogens is 829 g/mol. The summed E-state index contributed by atoms with van der Waals surface area (Å²) in [5, 5.41) is 0. The highest BCUT2D eigenvalue weighted by molar-refractivity contribution is 5.71.